The lowest BCUT2D eigenvalue weighted by Gasteiger charge is -2.28. The normalized spacial score (nSPS) is 20.1. The molecule has 12 nitrogen and oxygen atoms in total. The third kappa shape index (κ3) is 10.7. The van der Waals surface area contributed by atoms with Crippen LogP contribution in [0.3, 0.4) is 0 Å². The zero-order chi connectivity index (χ0) is 35.5. The molecule has 2 atom stereocenters. The van der Waals surface area contributed by atoms with Crippen LogP contribution < -0.4 is 16.0 Å². The van der Waals surface area contributed by atoms with Gasteiger partial charge >= 0.3 is 0 Å². The standard InChI is InChI=1S/C36H47N7O5S2/c1-24(2)20-26-35-41-29(23-50-35)34(48)39-27(21-25-10-4-3-5-11-25)36-40-28(22-49-36)33(47)37-15-9-18-42(17-8-12-30(44)38-26)32(46)14-19-43-16-7-6-13-31(43)45/h3-5,10-11,22-24,26-27H,6-9,12-21H2,1-2H3,(H,37,47)(H,38,44)(H,39,48)/t26-,27-/m0/s1. The lowest BCUT2D eigenvalue weighted by atomic mass is 10.0. The molecule has 2 aliphatic rings. The Morgan fingerprint density at radius 1 is 0.840 bits per heavy atom. The van der Waals surface area contributed by atoms with Gasteiger partial charge in [-0.15, -0.1) is 22.7 Å². The van der Waals surface area contributed by atoms with Crippen molar-refractivity contribution in [2.24, 2.45) is 5.92 Å². The van der Waals surface area contributed by atoms with E-state index in [9.17, 15) is 24.0 Å². The monoisotopic (exact) mass is 721 g/mol. The van der Waals surface area contributed by atoms with Crippen LogP contribution in [0.1, 0.15) is 114 Å². The molecular formula is C36H47N7O5S2. The van der Waals surface area contributed by atoms with E-state index in [1.54, 1.807) is 20.6 Å². The summed E-state index contributed by atoms with van der Waals surface area (Å²) in [6.07, 6.45) is 4.87. The van der Waals surface area contributed by atoms with Crippen molar-refractivity contribution >= 4 is 52.2 Å². The first kappa shape index (κ1) is 37.1. The van der Waals surface area contributed by atoms with Gasteiger partial charge in [0.2, 0.25) is 17.7 Å². The third-order valence-corrected chi connectivity index (χ3v) is 10.7. The van der Waals surface area contributed by atoms with Crippen molar-refractivity contribution in [3.05, 3.63) is 68.1 Å². The molecule has 1 fully saturated rings. The van der Waals surface area contributed by atoms with Crippen LogP contribution in [0, 0.1) is 5.92 Å². The van der Waals surface area contributed by atoms with Gasteiger partial charge in [0, 0.05) is 62.7 Å². The van der Waals surface area contributed by atoms with Crippen LogP contribution in [-0.2, 0) is 20.8 Å². The van der Waals surface area contributed by atoms with E-state index >= 15 is 0 Å². The smallest absolute Gasteiger partial charge is 0.271 e. The molecule has 5 amide bonds. The van der Waals surface area contributed by atoms with E-state index in [1.807, 2.05) is 30.3 Å². The number of amides is 5. The SMILES string of the molecule is CC(C)C[C@@H]1NC(=O)CCCN(C(=O)CCN2CCCCC2=O)CCCNC(=O)c2csc(n2)[C@H](Cc2ccccc2)NC(=O)c2csc1n2. The van der Waals surface area contributed by atoms with Crippen LogP contribution in [0.25, 0.3) is 0 Å². The van der Waals surface area contributed by atoms with Gasteiger partial charge in [-0.25, -0.2) is 9.97 Å². The number of rotatable bonds is 7. The molecule has 0 aliphatic carbocycles. The van der Waals surface area contributed by atoms with Crippen LogP contribution in [0.4, 0.5) is 0 Å². The highest BCUT2D eigenvalue weighted by atomic mass is 32.1. The number of thiazole rings is 2. The van der Waals surface area contributed by atoms with Gasteiger partial charge in [0.05, 0.1) is 12.1 Å². The van der Waals surface area contributed by atoms with Gasteiger partial charge in [-0.2, -0.15) is 0 Å². The van der Waals surface area contributed by atoms with Gasteiger partial charge in [0.1, 0.15) is 21.4 Å². The zero-order valence-electron chi connectivity index (χ0n) is 28.8. The minimum Gasteiger partial charge on any atom is -0.351 e. The Labute approximate surface area is 301 Å². The van der Waals surface area contributed by atoms with E-state index in [-0.39, 0.29) is 65.7 Å². The fraction of sp³-hybridized carbons (Fsp3) is 0.528. The van der Waals surface area contributed by atoms with Gasteiger partial charge in [0.25, 0.3) is 11.8 Å². The van der Waals surface area contributed by atoms with Gasteiger partial charge in [-0.1, -0.05) is 44.2 Å². The Bertz CT molecular complexity index is 1630. The molecule has 3 aromatic rings. The molecule has 1 aromatic carbocycles. The molecule has 0 radical (unpaired) electrons. The second-order valence-electron chi connectivity index (χ2n) is 13.3. The predicted molar refractivity (Wildman–Crippen MR) is 193 cm³/mol. The number of nitrogens with zero attached hydrogens (tertiary/aromatic N) is 4. The number of piperidine rings is 1. The minimum atomic E-state index is -0.498. The van der Waals surface area contributed by atoms with E-state index in [1.165, 1.54) is 22.7 Å². The van der Waals surface area contributed by atoms with Crippen LogP contribution in [0.15, 0.2) is 41.1 Å². The number of likely N-dealkylation sites (tertiary alicyclic amines) is 1. The Kier molecular flexibility index (Phi) is 13.5. The minimum absolute atomic E-state index is 0.0766. The maximum Gasteiger partial charge on any atom is 0.271 e. The quantitative estimate of drug-likeness (QED) is 0.321. The Morgan fingerprint density at radius 3 is 2.26 bits per heavy atom. The van der Waals surface area contributed by atoms with E-state index in [2.05, 4.69) is 39.8 Å². The number of aromatic nitrogens is 2. The van der Waals surface area contributed by atoms with Crippen LogP contribution in [0.2, 0.25) is 0 Å². The van der Waals surface area contributed by atoms with Gasteiger partial charge < -0.3 is 25.8 Å². The van der Waals surface area contributed by atoms with Crippen molar-refractivity contribution in [2.75, 3.05) is 32.7 Å². The van der Waals surface area contributed by atoms with Gasteiger partial charge in [0.15, 0.2) is 0 Å². The molecule has 14 heteroatoms. The number of hydrogen-bond acceptors (Lipinski definition) is 9. The summed E-state index contributed by atoms with van der Waals surface area (Å²) < 4.78 is 0. The fourth-order valence-corrected chi connectivity index (χ4v) is 7.90. The van der Waals surface area contributed by atoms with Gasteiger partial charge in [-0.3, -0.25) is 24.0 Å². The van der Waals surface area contributed by atoms with Crippen LogP contribution >= 0.6 is 22.7 Å². The molecule has 2 aromatic heterocycles. The summed E-state index contributed by atoms with van der Waals surface area (Å²) in [6, 6.07) is 8.91. The molecule has 3 N–H and O–H groups in total. The van der Waals surface area contributed by atoms with Crippen molar-refractivity contribution in [2.45, 2.75) is 83.7 Å². The van der Waals surface area contributed by atoms with Crippen molar-refractivity contribution in [1.29, 1.82) is 0 Å². The molecule has 0 spiro atoms. The van der Waals surface area contributed by atoms with E-state index in [4.69, 9.17) is 0 Å². The highest BCUT2D eigenvalue weighted by Crippen LogP contribution is 2.27. The lowest BCUT2D eigenvalue weighted by Crippen LogP contribution is -2.40. The summed E-state index contributed by atoms with van der Waals surface area (Å²) >= 11 is 2.65. The zero-order valence-corrected chi connectivity index (χ0v) is 30.5. The Hall–Kier alpha value is -4.17. The number of benzene rings is 1. The molecule has 4 heterocycles. The number of carbonyl (C=O) groups is 5. The third-order valence-electron chi connectivity index (χ3n) is 8.83. The summed E-state index contributed by atoms with van der Waals surface area (Å²) in [5, 5.41) is 13.8. The molecule has 268 valence electrons. The van der Waals surface area contributed by atoms with E-state index in [0.29, 0.717) is 74.8 Å². The molecule has 50 heavy (non-hydrogen) atoms. The second kappa shape index (κ2) is 18.2. The Morgan fingerprint density at radius 2 is 1.54 bits per heavy atom. The van der Waals surface area contributed by atoms with Crippen LogP contribution in [-0.4, -0.2) is 82.0 Å². The first-order chi connectivity index (χ1) is 24.2. The number of carbonyl (C=O) groups excluding carboxylic acids is 5. The highest BCUT2D eigenvalue weighted by molar-refractivity contribution is 7.10. The maximum atomic E-state index is 13.6. The average Bonchev–Trinajstić information content (AvgIpc) is 3.80. The Balaban J connectivity index is 1.35. The number of fused-ring (bicyclic) bond motifs is 4. The van der Waals surface area contributed by atoms with Crippen molar-refractivity contribution in [3.8, 4) is 0 Å². The summed E-state index contributed by atoms with van der Waals surface area (Å²) in [5.74, 6) is -0.561. The van der Waals surface area contributed by atoms with E-state index < -0.39 is 6.04 Å². The summed E-state index contributed by atoms with van der Waals surface area (Å²) in [6.45, 7) is 6.31. The molecule has 2 aliphatic heterocycles. The molecule has 5 rings (SSSR count). The average molecular weight is 722 g/mol. The molecule has 1 saturated heterocycles. The van der Waals surface area contributed by atoms with Gasteiger partial charge in [-0.05, 0) is 50.0 Å². The molecule has 0 unspecified atom stereocenters. The maximum absolute atomic E-state index is 13.6. The topological polar surface area (TPSA) is 154 Å². The highest BCUT2D eigenvalue weighted by Gasteiger charge is 2.26. The fourth-order valence-electron chi connectivity index (χ4n) is 6.19. The number of nitrogens with one attached hydrogen (secondary N) is 3. The number of hydrogen-bond donors (Lipinski definition) is 3. The van der Waals surface area contributed by atoms with Crippen molar-refractivity contribution < 1.29 is 24.0 Å². The first-order valence-electron chi connectivity index (χ1n) is 17.5. The predicted octanol–water partition coefficient (Wildman–Crippen LogP) is 4.66. The van der Waals surface area contributed by atoms with Crippen molar-refractivity contribution in [3.63, 3.8) is 0 Å². The molecule has 0 saturated carbocycles. The summed E-state index contributed by atoms with van der Waals surface area (Å²) in [7, 11) is 0. The van der Waals surface area contributed by atoms with Crippen molar-refractivity contribution in [1.82, 2.24) is 35.7 Å². The van der Waals surface area contributed by atoms with Crippen LogP contribution in [0.5, 0.6) is 0 Å². The molecular weight excluding hydrogens is 675 g/mol. The lowest BCUT2D eigenvalue weighted by molar-refractivity contribution is -0.136. The first-order valence-corrected chi connectivity index (χ1v) is 19.3. The van der Waals surface area contributed by atoms with E-state index in [0.717, 1.165) is 18.4 Å². The summed E-state index contributed by atoms with van der Waals surface area (Å²) in [4.78, 5) is 78.4. The summed E-state index contributed by atoms with van der Waals surface area (Å²) in [5.41, 5.74) is 1.52. The second-order valence-corrected chi connectivity index (χ2v) is 15.1. The largest absolute Gasteiger partial charge is 0.351 e. The molecule has 4 bridgehead atoms.